The van der Waals surface area contributed by atoms with Crippen LogP contribution in [0.1, 0.15) is 49.1 Å². The standard InChI is InChI=1S/C23H25NO4/c25-22(26)12-10-15-9-11-16(13-15)24-23(27)28-14-21-19-7-3-1-5-17(19)18-6-2-4-8-20(18)21/h1-8,15-16,21H,9-14H2,(H,24,27)(H,25,26)/t15-,16-/m0/s1. The zero-order valence-electron chi connectivity index (χ0n) is 15.8. The lowest BCUT2D eigenvalue weighted by Crippen LogP contribution is -2.34. The lowest BCUT2D eigenvalue weighted by atomic mass is 9.98. The minimum atomic E-state index is -0.757. The first-order chi connectivity index (χ1) is 13.6. The number of carbonyl (C=O) groups excluding carboxylic acids is 1. The van der Waals surface area contributed by atoms with E-state index >= 15 is 0 Å². The number of benzene rings is 2. The van der Waals surface area contributed by atoms with Gasteiger partial charge in [0.05, 0.1) is 0 Å². The van der Waals surface area contributed by atoms with Crippen molar-refractivity contribution in [1.29, 1.82) is 0 Å². The number of hydrogen-bond donors (Lipinski definition) is 2. The molecule has 2 aromatic carbocycles. The molecule has 28 heavy (non-hydrogen) atoms. The Balaban J connectivity index is 1.33. The Labute approximate surface area is 164 Å². The Morgan fingerprint density at radius 3 is 2.29 bits per heavy atom. The fraction of sp³-hybridized carbons (Fsp3) is 0.391. The number of fused-ring (bicyclic) bond motifs is 3. The summed E-state index contributed by atoms with van der Waals surface area (Å²) in [5.41, 5.74) is 4.82. The fourth-order valence-corrected chi connectivity index (χ4v) is 4.60. The Morgan fingerprint density at radius 1 is 1.00 bits per heavy atom. The van der Waals surface area contributed by atoms with E-state index in [9.17, 15) is 9.59 Å². The Bertz CT molecular complexity index is 833. The van der Waals surface area contributed by atoms with Gasteiger partial charge in [0, 0.05) is 18.4 Å². The number of aliphatic carboxylic acids is 1. The monoisotopic (exact) mass is 379 g/mol. The van der Waals surface area contributed by atoms with Gasteiger partial charge >= 0.3 is 12.1 Å². The number of nitrogens with one attached hydrogen (secondary N) is 1. The molecule has 0 heterocycles. The summed E-state index contributed by atoms with van der Waals surface area (Å²) in [6.07, 6.45) is 3.17. The van der Waals surface area contributed by atoms with E-state index in [1.807, 2.05) is 24.3 Å². The molecule has 0 saturated heterocycles. The van der Waals surface area contributed by atoms with Crippen molar-refractivity contribution < 1.29 is 19.4 Å². The summed E-state index contributed by atoms with van der Waals surface area (Å²) >= 11 is 0. The molecule has 146 valence electrons. The molecule has 2 aliphatic rings. The zero-order valence-corrected chi connectivity index (χ0v) is 15.8. The Kier molecular flexibility index (Phi) is 5.33. The zero-order chi connectivity index (χ0) is 19.5. The maximum Gasteiger partial charge on any atom is 0.407 e. The van der Waals surface area contributed by atoms with Crippen molar-refractivity contribution in [3.05, 3.63) is 59.7 Å². The third-order valence-electron chi connectivity index (χ3n) is 5.97. The summed E-state index contributed by atoms with van der Waals surface area (Å²) in [6.45, 7) is 0.315. The fourth-order valence-electron chi connectivity index (χ4n) is 4.60. The van der Waals surface area contributed by atoms with Crippen LogP contribution < -0.4 is 5.32 Å². The number of hydrogen-bond acceptors (Lipinski definition) is 3. The molecule has 0 unspecified atom stereocenters. The molecule has 1 fully saturated rings. The number of ether oxygens (including phenoxy) is 1. The topological polar surface area (TPSA) is 75.6 Å². The van der Waals surface area contributed by atoms with Crippen molar-refractivity contribution in [2.24, 2.45) is 5.92 Å². The van der Waals surface area contributed by atoms with Crippen LogP contribution in [0.25, 0.3) is 11.1 Å². The van der Waals surface area contributed by atoms with Crippen LogP contribution in [-0.2, 0) is 9.53 Å². The van der Waals surface area contributed by atoms with Crippen LogP contribution in [-0.4, -0.2) is 29.8 Å². The van der Waals surface area contributed by atoms with Gasteiger partial charge in [-0.15, -0.1) is 0 Å². The van der Waals surface area contributed by atoms with Crippen LogP contribution >= 0.6 is 0 Å². The maximum absolute atomic E-state index is 12.3. The van der Waals surface area contributed by atoms with E-state index in [0.717, 1.165) is 19.3 Å². The Hall–Kier alpha value is -2.82. The van der Waals surface area contributed by atoms with E-state index in [2.05, 4.69) is 29.6 Å². The first-order valence-corrected chi connectivity index (χ1v) is 9.95. The first-order valence-electron chi connectivity index (χ1n) is 9.95. The number of alkyl carbamates (subject to hydrolysis) is 1. The SMILES string of the molecule is O=C(O)CC[C@@H]1CC[C@H](NC(=O)OCC2c3ccccc3-c3ccccc32)C1. The van der Waals surface area contributed by atoms with Crippen molar-refractivity contribution in [3.8, 4) is 11.1 Å². The molecular weight excluding hydrogens is 354 g/mol. The molecule has 0 radical (unpaired) electrons. The third-order valence-corrected chi connectivity index (χ3v) is 5.97. The highest BCUT2D eigenvalue weighted by atomic mass is 16.5. The molecule has 2 N–H and O–H groups in total. The van der Waals surface area contributed by atoms with Gasteiger partial charge in [-0.3, -0.25) is 4.79 Å². The van der Waals surface area contributed by atoms with E-state index in [-0.39, 0.29) is 24.5 Å². The van der Waals surface area contributed by atoms with Gasteiger partial charge < -0.3 is 15.2 Å². The van der Waals surface area contributed by atoms with E-state index < -0.39 is 5.97 Å². The molecule has 1 amide bonds. The van der Waals surface area contributed by atoms with Gasteiger partial charge in [-0.2, -0.15) is 0 Å². The van der Waals surface area contributed by atoms with Crippen molar-refractivity contribution in [2.75, 3.05) is 6.61 Å². The van der Waals surface area contributed by atoms with Crippen LogP contribution in [0.3, 0.4) is 0 Å². The number of rotatable bonds is 6. The molecule has 0 aromatic heterocycles. The van der Waals surface area contributed by atoms with Gasteiger partial charge in [0.1, 0.15) is 6.61 Å². The van der Waals surface area contributed by atoms with Gasteiger partial charge in [0.15, 0.2) is 0 Å². The summed E-state index contributed by atoms with van der Waals surface area (Å²) in [5.74, 6) is -0.326. The highest BCUT2D eigenvalue weighted by Gasteiger charge is 2.30. The van der Waals surface area contributed by atoms with Crippen LogP contribution in [0.2, 0.25) is 0 Å². The van der Waals surface area contributed by atoms with Crippen LogP contribution in [0.5, 0.6) is 0 Å². The second-order valence-electron chi connectivity index (χ2n) is 7.78. The van der Waals surface area contributed by atoms with Crippen molar-refractivity contribution >= 4 is 12.1 Å². The molecule has 4 rings (SSSR count). The average Bonchev–Trinajstić information content (AvgIpc) is 3.27. The number of amides is 1. The summed E-state index contributed by atoms with van der Waals surface area (Å²) < 4.78 is 5.59. The van der Waals surface area contributed by atoms with Crippen molar-refractivity contribution in [2.45, 2.75) is 44.1 Å². The summed E-state index contributed by atoms with van der Waals surface area (Å²) in [5, 5.41) is 11.8. The minimum Gasteiger partial charge on any atom is -0.481 e. The predicted octanol–water partition coefficient (Wildman–Crippen LogP) is 4.56. The molecule has 5 heteroatoms. The first kappa shape index (κ1) is 18.5. The second-order valence-corrected chi connectivity index (χ2v) is 7.78. The lowest BCUT2D eigenvalue weighted by molar-refractivity contribution is -0.137. The summed E-state index contributed by atoms with van der Waals surface area (Å²) in [6, 6.07) is 16.6. The molecule has 1 saturated carbocycles. The molecular formula is C23H25NO4. The molecule has 5 nitrogen and oxygen atoms in total. The lowest BCUT2D eigenvalue weighted by Gasteiger charge is -2.17. The average molecular weight is 379 g/mol. The molecule has 2 atom stereocenters. The number of carbonyl (C=O) groups is 2. The normalized spacial score (nSPS) is 20.4. The summed E-state index contributed by atoms with van der Waals surface area (Å²) in [4.78, 5) is 23.0. The number of carboxylic acids is 1. The molecule has 2 aliphatic carbocycles. The third kappa shape index (κ3) is 3.88. The predicted molar refractivity (Wildman–Crippen MR) is 106 cm³/mol. The van der Waals surface area contributed by atoms with Crippen LogP contribution in [0.4, 0.5) is 4.79 Å². The van der Waals surface area contributed by atoms with Gasteiger partial charge in [-0.25, -0.2) is 4.79 Å². The highest BCUT2D eigenvalue weighted by molar-refractivity contribution is 5.79. The molecule has 0 aliphatic heterocycles. The van der Waals surface area contributed by atoms with Crippen LogP contribution in [0.15, 0.2) is 48.5 Å². The highest BCUT2D eigenvalue weighted by Crippen LogP contribution is 2.44. The van der Waals surface area contributed by atoms with Gasteiger partial charge in [0.25, 0.3) is 0 Å². The summed E-state index contributed by atoms with van der Waals surface area (Å²) in [7, 11) is 0. The number of carboxylic acid groups (broad SMARTS) is 1. The maximum atomic E-state index is 12.3. The van der Waals surface area contributed by atoms with E-state index in [4.69, 9.17) is 9.84 Å². The van der Waals surface area contributed by atoms with Gasteiger partial charge in [0.2, 0.25) is 0 Å². The van der Waals surface area contributed by atoms with Gasteiger partial charge in [-0.1, -0.05) is 48.5 Å². The Morgan fingerprint density at radius 2 is 1.64 bits per heavy atom. The van der Waals surface area contributed by atoms with E-state index in [0.29, 0.717) is 18.9 Å². The molecule has 0 bridgehead atoms. The molecule has 2 aromatic rings. The smallest absolute Gasteiger partial charge is 0.407 e. The van der Waals surface area contributed by atoms with Crippen LogP contribution in [0, 0.1) is 5.92 Å². The van der Waals surface area contributed by atoms with Gasteiger partial charge in [-0.05, 0) is 53.9 Å². The minimum absolute atomic E-state index is 0.0602. The van der Waals surface area contributed by atoms with Crippen molar-refractivity contribution in [3.63, 3.8) is 0 Å². The molecule has 0 spiro atoms. The van der Waals surface area contributed by atoms with E-state index in [1.54, 1.807) is 0 Å². The largest absolute Gasteiger partial charge is 0.481 e. The van der Waals surface area contributed by atoms with E-state index in [1.165, 1.54) is 22.3 Å². The second kappa shape index (κ2) is 8.05. The van der Waals surface area contributed by atoms with Crippen molar-refractivity contribution in [1.82, 2.24) is 5.32 Å². The quantitative estimate of drug-likeness (QED) is 0.771.